The number of rotatable bonds is 9. The van der Waals surface area contributed by atoms with Crippen LogP contribution in [-0.2, 0) is 17.9 Å². The fourth-order valence-electron chi connectivity index (χ4n) is 3.25. The summed E-state index contributed by atoms with van der Waals surface area (Å²) in [4.78, 5) is 25.1. The second kappa shape index (κ2) is 10.9. The lowest BCUT2D eigenvalue weighted by atomic mass is 10.1. The first-order chi connectivity index (χ1) is 16.0. The van der Waals surface area contributed by atoms with E-state index in [9.17, 15) is 20.0 Å². The molecule has 0 atom stereocenters. The number of carbonyl (C=O) groups excluding carboxylic acids is 1. The number of carbonyl (C=O) groups is 1. The SMILES string of the molecule is CCCCn1c(O)c(C#N)c(C)c(NNc2ccc(C(=O)OCc3ccccc3)cc2)c1=O. The highest BCUT2D eigenvalue weighted by Crippen LogP contribution is 2.24. The van der Waals surface area contributed by atoms with Crippen molar-refractivity contribution in [2.45, 2.75) is 39.8 Å². The number of esters is 1. The van der Waals surface area contributed by atoms with E-state index in [4.69, 9.17) is 4.74 Å². The van der Waals surface area contributed by atoms with Gasteiger partial charge in [-0.15, -0.1) is 0 Å². The van der Waals surface area contributed by atoms with Crippen molar-refractivity contribution >= 4 is 17.3 Å². The minimum Gasteiger partial charge on any atom is -0.493 e. The van der Waals surface area contributed by atoms with Crippen molar-refractivity contribution in [1.29, 1.82) is 5.26 Å². The predicted octanol–water partition coefficient (Wildman–Crippen LogP) is 4.33. The minimum atomic E-state index is -0.440. The van der Waals surface area contributed by atoms with Gasteiger partial charge in [0.1, 0.15) is 23.9 Å². The number of aromatic hydroxyl groups is 1. The number of aromatic nitrogens is 1. The highest BCUT2D eigenvalue weighted by molar-refractivity contribution is 5.89. The first-order valence-electron chi connectivity index (χ1n) is 10.7. The zero-order valence-electron chi connectivity index (χ0n) is 18.6. The molecule has 0 bridgehead atoms. The average molecular weight is 447 g/mol. The van der Waals surface area contributed by atoms with E-state index in [0.717, 1.165) is 12.0 Å². The van der Waals surface area contributed by atoms with E-state index in [0.29, 0.717) is 29.8 Å². The van der Waals surface area contributed by atoms with Crippen LogP contribution in [0.5, 0.6) is 5.88 Å². The van der Waals surface area contributed by atoms with Crippen molar-refractivity contribution < 1.29 is 14.6 Å². The maximum atomic E-state index is 12.9. The van der Waals surface area contributed by atoms with Crippen LogP contribution >= 0.6 is 0 Å². The smallest absolute Gasteiger partial charge is 0.338 e. The number of unbranched alkanes of at least 4 members (excludes halogenated alkanes) is 1. The highest BCUT2D eigenvalue weighted by atomic mass is 16.5. The number of ether oxygens (including phenoxy) is 1. The number of nitriles is 1. The molecule has 8 heteroatoms. The van der Waals surface area contributed by atoms with Crippen LogP contribution < -0.4 is 16.4 Å². The molecule has 0 aliphatic carbocycles. The lowest BCUT2D eigenvalue weighted by Gasteiger charge is -2.17. The van der Waals surface area contributed by atoms with Crippen molar-refractivity contribution in [2.24, 2.45) is 0 Å². The number of nitrogens with zero attached hydrogens (tertiary/aromatic N) is 2. The lowest BCUT2D eigenvalue weighted by Crippen LogP contribution is -2.27. The van der Waals surface area contributed by atoms with E-state index in [1.165, 1.54) is 4.57 Å². The summed E-state index contributed by atoms with van der Waals surface area (Å²) >= 11 is 0. The van der Waals surface area contributed by atoms with Crippen LogP contribution in [0.15, 0.2) is 59.4 Å². The molecule has 0 aliphatic heterocycles. The summed E-state index contributed by atoms with van der Waals surface area (Å²) in [5.74, 6) is -0.761. The lowest BCUT2D eigenvalue weighted by molar-refractivity contribution is 0.0472. The molecule has 8 nitrogen and oxygen atoms in total. The summed E-state index contributed by atoms with van der Waals surface area (Å²) in [6.45, 7) is 4.07. The Bertz CT molecular complexity index is 1210. The van der Waals surface area contributed by atoms with Crippen LogP contribution in [0.1, 0.15) is 46.8 Å². The maximum Gasteiger partial charge on any atom is 0.338 e. The number of nitrogens with one attached hydrogen (secondary N) is 2. The topological polar surface area (TPSA) is 116 Å². The van der Waals surface area contributed by atoms with E-state index in [1.54, 1.807) is 31.2 Å². The van der Waals surface area contributed by atoms with Crippen LogP contribution in [-0.4, -0.2) is 15.6 Å². The zero-order valence-corrected chi connectivity index (χ0v) is 18.6. The molecule has 0 spiro atoms. The van der Waals surface area contributed by atoms with Gasteiger partial charge in [0.15, 0.2) is 0 Å². The largest absolute Gasteiger partial charge is 0.493 e. The molecule has 3 rings (SSSR count). The van der Waals surface area contributed by atoms with Crippen molar-refractivity contribution in [1.82, 2.24) is 4.57 Å². The zero-order chi connectivity index (χ0) is 23.8. The van der Waals surface area contributed by atoms with Crippen LogP contribution in [0.25, 0.3) is 0 Å². The van der Waals surface area contributed by atoms with E-state index < -0.39 is 11.5 Å². The van der Waals surface area contributed by atoms with E-state index in [1.807, 2.05) is 43.3 Å². The van der Waals surface area contributed by atoms with Gasteiger partial charge in [-0.05, 0) is 43.2 Å². The molecule has 1 aromatic heterocycles. The Balaban J connectivity index is 1.70. The third-order valence-electron chi connectivity index (χ3n) is 5.20. The number of benzene rings is 2. The van der Waals surface area contributed by atoms with Gasteiger partial charge in [0.2, 0.25) is 5.88 Å². The molecule has 0 radical (unpaired) electrons. The number of anilines is 2. The standard InChI is InChI=1S/C25H26N4O4/c1-3-4-14-29-23(30)21(15-26)17(2)22(24(29)31)28-27-20-12-10-19(11-13-20)25(32)33-16-18-8-6-5-7-9-18/h5-13,27-28,30H,3-4,14,16H2,1-2H3. The molecule has 0 saturated carbocycles. The average Bonchev–Trinajstić information content (AvgIpc) is 2.83. The highest BCUT2D eigenvalue weighted by Gasteiger charge is 2.18. The van der Waals surface area contributed by atoms with Crippen LogP contribution in [0.2, 0.25) is 0 Å². The van der Waals surface area contributed by atoms with Gasteiger partial charge in [-0.3, -0.25) is 14.8 Å². The first-order valence-corrected chi connectivity index (χ1v) is 10.7. The minimum absolute atomic E-state index is 0.0477. The number of hydrogen-bond acceptors (Lipinski definition) is 7. The van der Waals surface area contributed by atoms with Crippen molar-refractivity contribution in [3.05, 3.63) is 87.2 Å². The Hall–Kier alpha value is -4.25. The molecule has 0 saturated heterocycles. The number of pyridine rings is 1. The Morgan fingerprint density at radius 2 is 1.82 bits per heavy atom. The Labute approximate surface area is 192 Å². The molecule has 170 valence electrons. The number of hydrogen-bond donors (Lipinski definition) is 3. The monoisotopic (exact) mass is 446 g/mol. The van der Waals surface area contributed by atoms with Crippen LogP contribution in [0, 0.1) is 18.3 Å². The summed E-state index contributed by atoms with van der Waals surface area (Å²) in [5, 5.41) is 19.8. The second-order valence-corrected chi connectivity index (χ2v) is 7.51. The second-order valence-electron chi connectivity index (χ2n) is 7.51. The predicted molar refractivity (Wildman–Crippen MR) is 126 cm³/mol. The summed E-state index contributed by atoms with van der Waals surface area (Å²) in [5.41, 5.74) is 7.80. The van der Waals surface area contributed by atoms with Gasteiger partial charge in [-0.1, -0.05) is 43.7 Å². The summed E-state index contributed by atoms with van der Waals surface area (Å²) in [6.07, 6.45) is 1.53. The molecular weight excluding hydrogens is 420 g/mol. The molecule has 2 aromatic carbocycles. The Morgan fingerprint density at radius 3 is 2.45 bits per heavy atom. The van der Waals surface area contributed by atoms with Gasteiger partial charge in [0, 0.05) is 12.1 Å². The quantitative estimate of drug-likeness (QED) is 0.331. The number of hydrazine groups is 1. The molecule has 0 unspecified atom stereocenters. The molecule has 0 aliphatic rings. The normalized spacial score (nSPS) is 10.3. The van der Waals surface area contributed by atoms with Crippen LogP contribution in [0.3, 0.4) is 0 Å². The molecular formula is C25H26N4O4. The third kappa shape index (κ3) is 5.52. The summed E-state index contributed by atoms with van der Waals surface area (Å²) in [6, 6.07) is 17.9. The fourth-order valence-corrected chi connectivity index (χ4v) is 3.25. The van der Waals surface area contributed by atoms with Crippen LogP contribution in [0.4, 0.5) is 11.4 Å². The van der Waals surface area contributed by atoms with Crippen molar-refractivity contribution in [3.8, 4) is 11.9 Å². The van der Waals surface area contributed by atoms with E-state index >= 15 is 0 Å². The molecule has 0 fully saturated rings. The summed E-state index contributed by atoms with van der Waals surface area (Å²) < 4.78 is 6.52. The molecule has 0 amide bonds. The first kappa shape index (κ1) is 23.4. The van der Waals surface area contributed by atoms with E-state index in [2.05, 4.69) is 10.9 Å². The van der Waals surface area contributed by atoms with E-state index in [-0.39, 0.29) is 23.7 Å². The van der Waals surface area contributed by atoms with Gasteiger partial charge < -0.3 is 15.3 Å². The molecule has 33 heavy (non-hydrogen) atoms. The van der Waals surface area contributed by atoms with Crippen molar-refractivity contribution in [3.63, 3.8) is 0 Å². The molecule has 1 heterocycles. The van der Waals surface area contributed by atoms with Gasteiger partial charge in [-0.25, -0.2) is 4.79 Å². The van der Waals surface area contributed by atoms with Gasteiger partial charge in [0.05, 0.1) is 11.3 Å². The fraction of sp³-hybridized carbons (Fsp3) is 0.240. The van der Waals surface area contributed by atoms with Crippen molar-refractivity contribution in [2.75, 3.05) is 10.9 Å². The molecule has 3 aromatic rings. The van der Waals surface area contributed by atoms with Gasteiger partial charge in [0.25, 0.3) is 5.56 Å². The third-order valence-corrected chi connectivity index (χ3v) is 5.20. The Kier molecular flexibility index (Phi) is 7.71. The van der Waals surface area contributed by atoms with Gasteiger partial charge >= 0.3 is 5.97 Å². The summed E-state index contributed by atoms with van der Waals surface area (Å²) in [7, 11) is 0. The maximum absolute atomic E-state index is 12.9. The Morgan fingerprint density at radius 1 is 1.12 bits per heavy atom. The van der Waals surface area contributed by atoms with Gasteiger partial charge in [-0.2, -0.15) is 5.26 Å². The molecule has 3 N–H and O–H groups in total.